The molecule has 1 aromatic heterocycles. The van der Waals surface area contributed by atoms with Crippen LogP contribution in [-0.2, 0) is 16.1 Å². The molecule has 2 atom stereocenters. The lowest BCUT2D eigenvalue weighted by atomic mass is 10.1. The summed E-state index contributed by atoms with van der Waals surface area (Å²) in [5.41, 5.74) is 1.87. The number of aromatic nitrogens is 1. The molecule has 6 nitrogen and oxygen atoms in total. The Kier molecular flexibility index (Phi) is 5.05. The molecule has 0 aliphatic carbocycles. The van der Waals surface area contributed by atoms with E-state index in [1.165, 1.54) is 11.3 Å². The minimum absolute atomic E-state index is 0.0613. The highest BCUT2D eigenvalue weighted by Gasteiger charge is 2.29. The molecule has 1 heterocycles. The van der Waals surface area contributed by atoms with Crippen LogP contribution in [0.4, 0.5) is 0 Å². The molecular weight excluding hydrogens is 340 g/mol. The summed E-state index contributed by atoms with van der Waals surface area (Å²) in [6.07, 6.45) is -3.18. The normalized spacial score (nSPS) is 13.2. The first kappa shape index (κ1) is 17.0. The zero-order valence-corrected chi connectivity index (χ0v) is 13.8. The first-order chi connectivity index (χ1) is 12.1. The summed E-state index contributed by atoms with van der Waals surface area (Å²) in [5, 5.41) is 29.2. The van der Waals surface area contributed by atoms with Gasteiger partial charge in [-0.1, -0.05) is 24.3 Å². The van der Waals surface area contributed by atoms with Crippen LogP contribution in [0.15, 0.2) is 48.5 Å². The number of fused-ring (bicyclic) bond motifs is 1. The standard InChI is InChI=1S/C18H14N2O4S/c19-9-11-5-7-12(8-6-11)10-24-18(23)16(22)15(21)17-20-13-3-1-2-4-14(13)25-17/h1-8,15-16,21-22H,10H2. The highest BCUT2D eigenvalue weighted by Crippen LogP contribution is 2.28. The largest absolute Gasteiger partial charge is 0.459 e. The number of hydrogen-bond acceptors (Lipinski definition) is 7. The number of rotatable bonds is 5. The molecule has 3 aromatic rings. The van der Waals surface area contributed by atoms with Gasteiger partial charge in [0.15, 0.2) is 6.10 Å². The predicted molar refractivity (Wildman–Crippen MR) is 91.5 cm³/mol. The lowest BCUT2D eigenvalue weighted by Gasteiger charge is -2.14. The third-order valence-corrected chi connectivity index (χ3v) is 4.68. The van der Waals surface area contributed by atoms with Crippen molar-refractivity contribution < 1.29 is 19.7 Å². The number of hydrogen-bond donors (Lipinski definition) is 2. The predicted octanol–water partition coefficient (Wildman–Crippen LogP) is 2.31. The minimum Gasteiger partial charge on any atom is -0.459 e. The summed E-state index contributed by atoms with van der Waals surface area (Å²) >= 11 is 1.21. The third-order valence-electron chi connectivity index (χ3n) is 3.57. The summed E-state index contributed by atoms with van der Waals surface area (Å²) in [4.78, 5) is 16.2. The molecule has 2 N–H and O–H groups in total. The van der Waals surface area contributed by atoms with Gasteiger partial charge in [0.25, 0.3) is 0 Å². The SMILES string of the molecule is N#Cc1ccc(COC(=O)C(O)C(O)c2nc3ccccc3s2)cc1. The van der Waals surface area contributed by atoms with Gasteiger partial charge in [-0.05, 0) is 29.8 Å². The van der Waals surface area contributed by atoms with Crippen molar-refractivity contribution in [3.63, 3.8) is 0 Å². The van der Waals surface area contributed by atoms with Crippen molar-refractivity contribution in [3.8, 4) is 6.07 Å². The van der Waals surface area contributed by atoms with Gasteiger partial charge in [-0.2, -0.15) is 5.26 Å². The topological polar surface area (TPSA) is 103 Å². The van der Waals surface area contributed by atoms with Gasteiger partial charge in [0.05, 0.1) is 21.8 Å². The van der Waals surface area contributed by atoms with Crippen LogP contribution in [0.2, 0.25) is 0 Å². The number of carbonyl (C=O) groups is 1. The van der Waals surface area contributed by atoms with Crippen LogP contribution in [0.5, 0.6) is 0 Å². The van der Waals surface area contributed by atoms with E-state index in [0.717, 1.165) is 4.70 Å². The van der Waals surface area contributed by atoms with Crippen LogP contribution in [0.1, 0.15) is 22.2 Å². The van der Waals surface area contributed by atoms with Crippen LogP contribution in [0.3, 0.4) is 0 Å². The Morgan fingerprint density at radius 1 is 1.20 bits per heavy atom. The van der Waals surface area contributed by atoms with Gasteiger partial charge in [0, 0.05) is 0 Å². The average molecular weight is 354 g/mol. The molecule has 0 saturated carbocycles. The highest BCUT2D eigenvalue weighted by molar-refractivity contribution is 7.18. The molecule has 0 amide bonds. The molecule has 25 heavy (non-hydrogen) atoms. The molecule has 0 aliphatic rings. The number of aliphatic hydroxyl groups is 2. The molecule has 0 aliphatic heterocycles. The molecule has 0 saturated heterocycles. The number of carbonyl (C=O) groups excluding carboxylic acids is 1. The Balaban J connectivity index is 1.63. The fourth-order valence-electron chi connectivity index (χ4n) is 2.20. The monoisotopic (exact) mass is 354 g/mol. The van der Waals surface area contributed by atoms with E-state index in [4.69, 9.17) is 10.00 Å². The second-order valence-electron chi connectivity index (χ2n) is 5.33. The van der Waals surface area contributed by atoms with Crippen molar-refractivity contribution in [1.29, 1.82) is 5.26 Å². The third kappa shape index (κ3) is 3.83. The molecule has 126 valence electrons. The van der Waals surface area contributed by atoms with E-state index in [1.807, 2.05) is 24.3 Å². The maximum absolute atomic E-state index is 12.0. The Bertz CT molecular complexity index is 897. The molecule has 0 radical (unpaired) electrons. The summed E-state index contributed by atoms with van der Waals surface area (Å²) in [6, 6.07) is 15.8. The number of nitrogens with zero attached hydrogens (tertiary/aromatic N) is 2. The van der Waals surface area contributed by atoms with E-state index in [9.17, 15) is 15.0 Å². The number of ether oxygens (including phenoxy) is 1. The molecule has 0 bridgehead atoms. The van der Waals surface area contributed by atoms with E-state index in [0.29, 0.717) is 16.6 Å². The van der Waals surface area contributed by atoms with Crippen molar-refractivity contribution in [2.24, 2.45) is 0 Å². The molecule has 0 spiro atoms. The molecule has 7 heteroatoms. The Morgan fingerprint density at radius 3 is 2.60 bits per heavy atom. The number of aliphatic hydroxyl groups excluding tert-OH is 2. The Labute approximate surface area is 147 Å². The highest BCUT2D eigenvalue weighted by atomic mass is 32.1. The van der Waals surface area contributed by atoms with Gasteiger partial charge in [-0.3, -0.25) is 0 Å². The van der Waals surface area contributed by atoms with Gasteiger partial charge < -0.3 is 14.9 Å². The number of esters is 1. The molecule has 2 aromatic carbocycles. The van der Waals surface area contributed by atoms with Crippen LogP contribution in [0.25, 0.3) is 10.2 Å². The average Bonchev–Trinajstić information content (AvgIpc) is 3.09. The second kappa shape index (κ2) is 7.40. The Hall–Kier alpha value is -2.79. The second-order valence-corrected chi connectivity index (χ2v) is 6.39. The fraction of sp³-hybridized carbons (Fsp3) is 0.167. The van der Waals surface area contributed by atoms with E-state index in [-0.39, 0.29) is 11.6 Å². The number of thiazole rings is 1. The molecule has 2 unspecified atom stereocenters. The van der Waals surface area contributed by atoms with Crippen LogP contribution in [-0.4, -0.2) is 27.3 Å². The first-order valence-corrected chi connectivity index (χ1v) is 8.27. The summed E-state index contributed by atoms with van der Waals surface area (Å²) in [5.74, 6) is -0.934. The summed E-state index contributed by atoms with van der Waals surface area (Å²) in [7, 11) is 0. The Morgan fingerprint density at radius 2 is 1.92 bits per heavy atom. The zero-order chi connectivity index (χ0) is 17.8. The molecular formula is C18H14N2O4S. The van der Waals surface area contributed by atoms with Crippen molar-refractivity contribution in [3.05, 3.63) is 64.7 Å². The fourth-order valence-corrected chi connectivity index (χ4v) is 3.18. The molecule has 0 fully saturated rings. The van der Waals surface area contributed by atoms with E-state index >= 15 is 0 Å². The first-order valence-electron chi connectivity index (χ1n) is 7.46. The maximum atomic E-state index is 12.0. The van der Waals surface area contributed by atoms with Crippen molar-refractivity contribution in [2.75, 3.05) is 0 Å². The number of benzene rings is 2. The van der Waals surface area contributed by atoms with Crippen LogP contribution < -0.4 is 0 Å². The van der Waals surface area contributed by atoms with Crippen LogP contribution in [0, 0.1) is 11.3 Å². The number of nitriles is 1. The van der Waals surface area contributed by atoms with Gasteiger partial charge >= 0.3 is 5.97 Å². The van der Waals surface area contributed by atoms with E-state index in [1.54, 1.807) is 30.3 Å². The lowest BCUT2D eigenvalue weighted by molar-refractivity contribution is -0.161. The zero-order valence-electron chi connectivity index (χ0n) is 13.0. The van der Waals surface area contributed by atoms with E-state index < -0.39 is 18.2 Å². The van der Waals surface area contributed by atoms with Crippen molar-refractivity contribution in [2.45, 2.75) is 18.8 Å². The maximum Gasteiger partial charge on any atom is 0.338 e. The van der Waals surface area contributed by atoms with Gasteiger partial charge in [-0.15, -0.1) is 11.3 Å². The summed E-state index contributed by atoms with van der Waals surface area (Å²) < 4.78 is 5.88. The van der Waals surface area contributed by atoms with Crippen molar-refractivity contribution in [1.82, 2.24) is 4.98 Å². The minimum atomic E-state index is -1.72. The summed E-state index contributed by atoms with van der Waals surface area (Å²) in [6.45, 7) is -0.0613. The lowest BCUT2D eigenvalue weighted by Crippen LogP contribution is -2.29. The smallest absolute Gasteiger partial charge is 0.338 e. The quantitative estimate of drug-likeness (QED) is 0.682. The van der Waals surface area contributed by atoms with E-state index in [2.05, 4.69) is 4.98 Å². The van der Waals surface area contributed by atoms with Gasteiger partial charge in [0.1, 0.15) is 17.7 Å². The van der Waals surface area contributed by atoms with Gasteiger partial charge in [0.2, 0.25) is 0 Å². The van der Waals surface area contributed by atoms with Crippen molar-refractivity contribution >= 4 is 27.5 Å². The molecule has 3 rings (SSSR count). The van der Waals surface area contributed by atoms with Gasteiger partial charge in [-0.25, -0.2) is 9.78 Å². The number of para-hydroxylation sites is 1. The van der Waals surface area contributed by atoms with Crippen LogP contribution >= 0.6 is 11.3 Å².